The lowest BCUT2D eigenvalue weighted by molar-refractivity contribution is -0.172. The van der Waals surface area contributed by atoms with Gasteiger partial charge in [0.15, 0.2) is 28.8 Å². The van der Waals surface area contributed by atoms with Crippen molar-refractivity contribution in [3.05, 3.63) is 48.2 Å². The van der Waals surface area contributed by atoms with Gasteiger partial charge in [-0.25, -0.2) is 32.5 Å². The van der Waals surface area contributed by atoms with E-state index >= 15 is 4.39 Å². The second-order valence-corrected chi connectivity index (χ2v) is 10.9. The minimum Gasteiger partial charge on any atom is -0.494 e. The molecule has 3 atom stereocenters. The number of hydrogen-bond acceptors (Lipinski definition) is 10. The zero-order valence-corrected chi connectivity index (χ0v) is 23.4. The molecular weight excluding hydrogens is 572 g/mol. The largest absolute Gasteiger partial charge is 0.494 e. The van der Waals surface area contributed by atoms with E-state index in [-0.39, 0.29) is 48.0 Å². The average Bonchev–Trinajstić information content (AvgIpc) is 3.40. The summed E-state index contributed by atoms with van der Waals surface area (Å²) < 4.78 is 71.8. The minimum absolute atomic E-state index is 0.00472. The number of aromatic nitrogens is 5. The number of ether oxygens (including phenoxy) is 2. The van der Waals surface area contributed by atoms with E-state index in [4.69, 9.17) is 20.9 Å². The highest BCUT2D eigenvalue weighted by Gasteiger charge is 2.60. The monoisotopic (exact) mass is 602 g/mol. The van der Waals surface area contributed by atoms with Crippen LogP contribution in [0.25, 0.3) is 22.4 Å². The number of methoxy groups -OCH3 is 2. The second kappa shape index (κ2) is 10.5. The van der Waals surface area contributed by atoms with Crippen molar-refractivity contribution < 1.29 is 32.1 Å². The summed E-state index contributed by atoms with van der Waals surface area (Å²) in [6, 6.07) is 1.22. The van der Waals surface area contributed by atoms with Crippen LogP contribution in [-0.2, 0) is 6.54 Å². The third-order valence-corrected chi connectivity index (χ3v) is 8.55. The molecule has 0 bridgehead atoms. The van der Waals surface area contributed by atoms with Crippen molar-refractivity contribution >= 4 is 22.7 Å². The van der Waals surface area contributed by atoms with Gasteiger partial charge in [-0.05, 0) is 25.3 Å². The minimum atomic E-state index is -3.33. The summed E-state index contributed by atoms with van der Waals surface area (Å²) in [7, 11) is 2.59. The number of hydrogen-bond donors (Lipinski definition) is 3. The first-order valence-electron chi connectivity index (χ1n) is 13.6. The first kappa shape index (κ1) is 28.9. The summed E-state index contributed by atoms with van der Waals surface area (Å²) in [5.74, 6) is -4.93. The normalized spacial score (nSPS) is 23.3. The molecular formula is C28H30F4N8O3. The van der Waals surface area contributed by atoms with Crippen LogP contribution in [0.5, 0.6) is 11.5 Å². The smallest absolute Gasteiger partial charge is 0.275 e. The highest BCUT2D eigenvalue weighted by Crippen LogP contribution is 2.48. The number of anilines is 2. The molecule has 0 radical (unpaired) electrons. The number of benzene rings is 1. The van der Waals surface area contributed by atoms with Gasteiger partial charge in [0.05, 0.1) is 44.5 Å². The van der Waals surface area contributed by atoms with Gasteiger partial charge in [-0.15, -0.1) is 0 Å². The number of imidazole rings is 1. The topological polar surface area (TPSA) is 150 Å². The molecule has 0 spiro atoms. The van der Waals surface area contributed by atoms with E-state index in [0.29, 0.717) is 35.4 Å². The molecule has 11 nitrogen and oxygen atoms in total. The van der Waals surface area contributed by atoms with Gasteiger partial charge in [-0.2, -0.15) is 0 Å². The zero-order chi connectivity index (χ0) is 30.7. The van der Waals surface area contributed by atoms with Gasteiger partial charge in [-0.3, -0.25) is 4.98 Å². The number of nitrogens with zero attached hydrogens (tertiary/aromatic N) is 6. The van der Waals surface area contributed by atoms with Crippen LogP contribution in [0, 0.1) is 11.6 Å². The van der Waals surface area contributed by atoms with Crippen molar-refractivity contribution in [2.75, 3.05) is 31.4 Å². The summed E-state index contributed by atoms with van der Waals surface area (Å²) in [6.45, 7) is 0.463. The number of piperidine rings is 1. The van der Waals surface area contributed by atoms with E-state index in [0.717, 1.165) is 12.1 Å². The molecule has 4 aromatic rings. The number of aliphatic hydroxyl groups is 1. The van der Waals surface area contributed by atoms with Gasteiger partial charge in [0.2, 0.25) is 0 Å². The molecule has 1 unspecified atom stereocenters. The van der Waals surface area contributed by atoms with Crippen molar-refractivity contribution in [2.24, 2.45) is 5.73 Å². The van der Waals surface area contributed by atoms with Crippen molar-refractivity contribution in [1.29, 1.82) is 0 Å². The Labute approximate surface area is 243 Å². The fourth-order valence-corrected chi connectivity index (χ4v) is 6.44. The maximum atomic E-state index is 15.3. The number of pyridine rings is 1. The van der Waals surface area contributed by atoms with E-state index in [1.807, 2.05) is 4.90 Å². The number of nitrogen functional groups attached to an aromatic ring is 1. The Morgan fingerprint density at radius 1 is 1.07 bits per heavy atom. The predicted octanol–water partition coefficient (Wildman–Crippen LogP) is 3.27. The number of rotatable bonds is 6. The van der Waals surface area contributed by atoms with Gasteiger partial charge < -0.3 is 35.5 Å². The molecule has 1 saturated carbocycles. The van der Waals surface area contributed by atoms with E-state index < -0.39 is 41.7 Å². The third kappa shape index (κ3) is 4.57. The molecule has 1 aliphatic carbocycles. The number of aliphatic hydroxyl groups excluding tert-OH is 1. The molecule has 43 heavy (non-hydrogen) atoms. The fourth-order valence-electron chi connectivity index (χ4n) is 6.44. The third-order valence-electron chi connectivity index (χ3n) is 8.55. The van der Waals surface area contributed by atoms with Crippen molar-refractivity contribution in [3.63, 3.8) is 0 Å². The average molecular weight is 603 g/mol. The standard InChI is InChI=1S/C28H30F4N8O3/c1-42-19-9-16(29)14(8-17(19)30)21-23(43-2)15(11-39-13-38-22-24(33)36-12-37-25(22)39)18(10-35-21)40-7-3-5-27(34)20(40)4-6-28(31,32)26(27)41/h8-10,12-13,20,26,41H,3-7,11,34H2,1-2H3,(H2,33,36,37)/t20?,26-,27-/m1/s1. The maximum absolute atomic E-state index is 15.3. The lowest BCUT2D eigenvalue weighted by Crippen LogP contribution is -2.74. The van der Waals surface area contributed by atoms with Crippen LogP contribution in [0.15, 0.2) is 31.0 Å². The van der Waals surface area contributed by atoms with Gasteiger partial charge in [0.25, 0.3) is 5.92 Å². The lowest BCUT2D eigenvalue weighted by Gasteiger charge is -2.55. The molecule has 1 saturated heterocycles. The Morgan fingerprint density at radius 3 is 2.60 bits per heavy atom. The van der Waals surface area contributed by atoms with Gasteiger partial charge in [0.1, 0.15) is 29.5 Å². The Balaban J connectivity index is 1.54. The summed E-state index contributed by atoms with van der Waals surface area (Å²) >= 11 is 0. The molecule has 3 aromatic heterocycles. The van der Waals surface area contributed by atoms with Crippen molar-refractivity contribution in [2.45, 2.75) is 55.8 Å². The Bertz CT molecular complexity index is 1700. The fraction of sp³-hybridized carbons (Fsp3) is 0.429. The van der Waals surface area contributed by atoms with Crippen molar-refractivity contribution in [1.82, 2.24) is 24.5 Å². The summed E-state index contributed by atoms with van der Waals surface area (Å²) in [5.41, 5.74) is 12.5. The quantitative estimate of drug-likeness (QED) is 0.281. The van der Waals surface area contributed by atoms with Crippen LogP contribution in [0.2, 0.25) is 0 Å². The Morgan fingerprint density at radius 2 is 1.86 bits per heavy atom. The van der Waals surface area contributed by atoms with E-state index in [1.165, 1.54) is 33.1 Å². The molecule has 15 heteroatoms. The van der Waals surface area contributed by atoms with Crippen LogP contribution in [-0.4, -0.2) is 74.0 Å². The maximum Gasteiger partial charge on any atom is 0.275 e. The van der Waals surface area contributed by atoms with E-state index in [2.05, 4.69) is 19.9 Å². The molecule has 4 heterocycles. The highest BCUT2D eigenvalue weighted by molar-refractivity contribution is 5.81. The zero-order valence-electron chi connectivity index (χ0n) is 23.4. The van der Waals surface area contributed by atoms with Crippen LogP contribution < -0.4 is 25.8 Å². The van der Waals surface area contributed by atoms with Crippen LogP contribution >= 0.6 is 0 Å². The predicted molar refractivity (Wildman–Crippen MR) is 149 cm³/mol. The number of alkyl halides is 2. The molecule has 2 fully saturated rings. The molecule has 0 amide bonds. The first-order valence-corrected chi connectivity index (χ1v) is 13.6. The Hall–Kier alpha value is -4.24. The molecule has 2 aliphatic rings. The summed E-state index contributed by atoms with van der Waals surface area (Å²) in [4.78, 5) is 18.9. The van der Waals surface area contributed by atoms with Gasteiger partial charge in [-0.1, -0.05) is 0 Å². The first-order chi connectivity index (χ1) is 20.5. The summed E-state index contributed by atoms with van der Waals surface area (Å²) in [6.07, 6.45) is 2.28. The van der Waals surface area contributed by atoms with Gasteiger partial charge in [0, 0.05) is 36.2 Å². The van der Waals surface area contributed by atoms with Crippen LogP contribution in [0.4, 0.5) is 29.1 Å². The Kier molecular flexibility index (Phi) is 7.04. The molecule has 228 valence electrons. The van der Waals surface area contributed by atoms with E-state index in [1.54, 1.807) is 4.57 Å². The molecule has 6 rings (SSSR count). The van der Waals surface area contributed by atoms with Gasteiger partial charge >= 0.3 is 0 Å². The SMILES string of the molecule is COc1cc(F)c(-c2ncc(N3CCC[C@@]4(N)C3CCC(F)(F)[C@@H]4O)c(Cn3cnc4c(N)ncnc43)c2OC)cc1F. The molecule has 1 aromatic carbocycles. The summed E-state index contributed by atoms with van der Waals surface area (Å²) in [5, 5.41) is 10.7. The number of fused-ring (bicyclic) bond motifs is 2. The number of nitrogens with two attached hydrogens (primary N) is 2. The molecule has 1 aliphatic heterocycles. The lowest BCUT2D eigenvalue weighted by atomic mass is 9.68. The van der Waals surface area contributed by atoms with Crippen molar-refractivity contribution in [3.8, 4) is 22.8 Å². The van der Waals surface area contributed by atoms with Crippen LogP contribution in [0.3, 0.4) is 0 Å². The molecule has 5 N–H and O–H groups in total. The van der Waals surface area contributed by atoms with E-state index in [9.17, 15) is 18.3 Å². The number of halogens is 4. The second-order valence-electron chi connectivity index (χ2n) is 10.9. The van der Waals surface area contributed by atoms with Crippen LogP contribution in [0.1, 0.15) is 31.2 Å². The highest BCUT2D eigenvalue weighted by atomic mass is 19.3.